The molecule has 1 unspecified atom stereocenters. The van der Waals surface area contributed by atoms with Crippen LogP contribution in [0.4, 0.5) is 0 Å². The van der Waals surface area contributed by atoms with Gasteiger partial charge in [0.1, 0.15) is 6.10 Å². The molecule has 3 nitrogen and oxygen atoms in total. The molecule has 0 spiro atoms. The smallest absolute Gasteiger partial charge is 0.162 e. The molecule has 0 saturated carbocycles. The first-order valence-corrected chi connectivity index (χ1v) is 8.78. The molecule has 0 radical (unpaired) electrons. The van der Waals surface area contributed by atoms with Gasteiger partial charge in [-0.05, 0) is 32.1 Å². The molecule has 0 aromatic carbocycles. The van der Waals surface area contributed by atoms with Crippen molar-refractivity contribution >= 4 is 5.78 Å². The van der Waals surface area contributed by atoms with Gasteiger partial charge in [-0.2, -0.15) is 0 Å². The number of allylic oxidation sites excluding steroid dienone is 2. The number of aliphatic hydroxyl groups is 1. The number of nitrogens with two attached hydrogens (primary N) is 1. The van der Waals surface area contributed by atoms with Gasteiger partial charge in [0.15, 0.2) is 5.78 Å². The van der Waals surface area contributed by atoms with Gasteiger partial charge in [0.2, 0.25) is 0 Å². The second kappa shape index (κ2) is 15.7. The van der Waals surface area contributed by atoms with E-state index >= 15 is 0 Å². The lowest BCUT2D eigenvalue weighted by Crippen LogP contribution is -2.28. The summed E-state index contributed by atoms with van der Waals surface area (Å²) in [5.41, 5.74) is 5.24. The van der Waals surface area contributed by atoms with E-state index in [1.165, 1.54) is 57.8 Å². The van der Waals surface area contributed by atoms with Crippen molar-refractivity contribution in [3.63, 3.8) is 0 Å². The van der Waals surface area contributed by atoms with E-state index in [2.05, 4.69) is 19.1 Å². The fourth-order valence-corrected chi connectivity index (χ4v) is 2.31. The molecule has 3 heteroatoms. The first-order chi connectivity index (χ1) is 10.2. The topological polar surface area (TPSA) is 63.3 Å². The molecular weight excluding hydrogens is 262 g/mol. The lowest BCUT2D eigenvalue weighted by molar-refractivity contribution is -0.126. The molecule has 0 aromatic heterocycles. The van der Waals surface area contributed by atoms with Crippen molar-refractivity contribution in [2.24, 2.45) is 5.73 Å². The molecule has 0 aliphatic carbocycles. The number of carbonyl (C=O) groups is 1. The zero-order chi connectivity index (χ0) is 15.8. The standard InChI is InChI=1S/C18H35NO2/c1-2-3-4-5-6-7-8-9-10-11-12-13-14-15-17(20)18(21)16-19/h7-8,18,21H,2-6,9-16,19H2,1H3/b8-7-. The lowest BCUT2D eigenvalue weighted by atomic mass is 10.0. The van der Waals surface area contributed by atoms with Crippen LogP contribution in [0.1, 0.15) is 84.0 Å². The van der Waals surface area contributed by atoms with E-state index in [4.69, 9.17) is 5.73 Å². The maximum Gasteiger partial charge on any atom is 0.162 e. The molecule has 0 bridgehead atoms. The van der Waals surface area contributed by atoms with Crippen LogP contribution in [-0.2, 0) is 4.79 Å². The van der Waals surface area contributed by atoms with Gasteiger partial charge in [-0.1, -0.05) is 57.6 Å². The number of unbranched alkanes of at least 4 members (excludes halogenated alkanes) is 9. The Kier molecular flexibility index (Phi) is 15.2. The number of hydrogen-bond donors (Lipinski definition) is 2. The Balaban J connectivity index is 3.22. The number of hydrogen-bond acceptors (Lipinski definition) is 3. The average molecular weight is 297 g/mol. The summed E-state index contributed by atoms with van der Waals surface area (Å²) < 4.78 is 0. The Bertz CT molecular complexity index is 264. The summed E-state index contributed by atoms with van der Waals surface area (Å²) in [5.74, 6) is -0.108. The summed E-state index contributed by atoms with van der Waals surface area (Å²) in [6.07, 6.45) is 17.5. The zero-order valence-corrected chi connectivity index (χ0v) is 13.9. The highest BCUT2D eigenvalue weighted by Gasteiger charge is 2.11. The van der Waals surface area contributed by atoms with Crippen LogP contribution < -0.4 is 5.73 Å². The third kappa shape index (κ3) is 14.0. The zero-order valence-electron chi connectivity index (χ0n) is 13.9. The number of ketones is 1. The van der Waals surface area contributed by atoms with Crippen molar-refractivity contribution in [3.8, 4) is 0 Å². The second-order valence-corrected chi connectivity index (χ2v) is 5.84. The molecule has 1 atom stereocenters. The normalized spacial score (nSPS) is 12.9. The molecule has 0 fully saturated rings. The van der Waals surface area contributed by atoms with E-state index in [-0.39, 0.29) is 12.3 Å². The predicted octanol–water partition coefficient (Wildman–Crippen LogP) is 4.13. The first-order valence-electron chi connectivity index (χ1n) is 8.78. The molecule has 0 saturated heterocycles. The molecule has 0 aliphatic rings. The van der Waals surface area contributed by atoms with Gasteiger partial charge >= 0.3 is 0 Å². The molecule has 3 N–H and O–H groups in total. The van der Waals surface area contributed by atoms with Crippen LogP contribution in [0.25, 0.3) is 0 Å². The summed E-state index contributed by atoms with van der Waals surface area (Å²) in [6, 6.07) is 0. The first kappa shape index (κ1) is 20.3. The van der Waals surface area contributed by atoms with Crippen molar-refractivity contribution < 1.29 is 9.90 Å². The Morgan fingerprint density at radius 1 is 0.952 bits per heavy atom. The summed E-state index contributed by atoms with van der Waals surface area (Å²) >= 11 is 0. The van der Waals surface area contributed by atoms with Gasteiger partial charge in [-0.3, -0.25) is 4.79 Å². The number of Topliss-reactive ketones (excluding diaryl/α,β-unsaturated/α-hetero) is 1. The fraction of sp³-hybridized carbons (Fsp3) is 0.833. The summed E-state index contributed by atoms with van der Waals surface area (Å²) in [7, 11) is 0. The molecule has 0 aliphatic heterocycles. The molecule has 0 amide bonds. The summed E-state index contributed by atoms with van der Waals surface area (Å²) in [4.78, 5) is 11.3. The van der Waals surface area contributed by atoms with Crippen LogP contribution >= 0.6 is 0 Å². The van der Waals surface area contributed by atoms with Crippen LogP contribution in [0, 0.1) is 0 Å². The summed E-state index contributed by atoms with van der Waals surface area (Å²) in [6.45, 7) is 2.29. The third-order valence-corrected chi connectivity index (χ3v) is 3.78. The molecular formula is C18H35NO2. The average Bonchev–Trinajstić information content (AvgIpc) is 2.50. The highest BCUT2D eigenvalue weighted by Crippen LogP contribution is 2.09. The molecule has 0 aromatic rings. The SMILES string of the molecule is CCCCCC/C=C\CCCCCCCC(=O)C(O)CN. The third-order valence-electron chi connectivity index (χ3n) is 3.78. The van der Waals surface area contributed by atoms with Gasteiger partial charge in [-0.25, -0.2) is 0 Å². The largest absolute Gasteiger partial charge is 0.384 e. The van der Waals surface area contributed by atoms with Crippen molar-refractivity contribution in [3.05, 3.63) is 12.2 Å². The quantitative estimate of drug-likeness (QED) is 0.353. The minimum atomic E-state index is -0.951. The maximum atomic E-state index is 11.3. The Morgan fingerprint density at radius 2 is 1.48 bits per heavy atom. The van der Waals surface area contributed by atoms with E-state index in [9.17, 15) is 9.90 Å². The highest BCUT2D eigenvalue weighted by atomic mass is 16.3. The second-order valence-electron chi connectivity index (χ2n) is 5.84. The van der Waals surface area contributed by atoms with Gasteiger partial charge in [0.25, 0.3) is 0 Å². The highest BCUT2D eigenvalue weighted by molar-refractivity contribution is 5.82. The van der Waals surface area contributed by atoms with Gasteiger partial charge in [-0.15, -0.1) is 0 Å². The van der Waals surface area contributed by atoms with Gasteiger partial charge in [0.05, 0.1) is 0 Å². The minimum Gasteiger partial charge on any atom is -0.384 e. The molecule has 21 heavy (non-hydrogen) atoms. The minimum absolute atomic E-state index is 0.0453. The lowest BCUT2D eigenvalue weighted by Gasteiger charge is -2.05. The molecule has 0 heterocycles. The van der Waals surface area contributed by atoms with Crippen molar-refractivity contribution in [2.45, 2.75) is 90.1 Å². The number of rotatable bonds is 15. The number of carbonyl (C=O) groups excluding carboxylic acids is 1. The Hall–Kier alpha value is -0.670. The van der Waals surface area contributed by atoms with E-state index in [1.807, 2.05) is 0 Å². The van der Waals surface area contributed by atoms with Gasteiger partial charge < -0.3 is 10.8 Å². The molecule has 124 valence electrons. The van der Waals surface area contributed by atoms with Gasteiger partial charge in [0, 0.05) is 13.0 Å². The van der Waals surface area contributed by atoms with Crippen molar-refractivity contribution in [1.82, 2.24) is 0 Å². The molecule has 0 rings (SSSR count). The Morgan fingerprint density at radius 3 is 2.05 bits per heavy atom. The monoisotopic (exact) mass is 297 g/mol. The summed E-state index contributed by atoms with van der Waals surface area (Å²) in [5, 5.41) is 9.24. The van der Waals surface area contributed by atoms with Crippen molar-refractivity contribution in [1.29, 1.82) is 0 Å². The van der Waals surface area contributed by atoms with E-state index < -0.39 is 6.10 Å². The van der Waals surface area contributed by atoms with Crippen LogP contribution in [0.3, 0.4) is 0 Å². The van der Waals surface area contributed by atoms with E-state index in [1.54, 1.807) is 0 Å². The van der Waals surface area contributed by atoms with E-state index in [0.29, 0.717) is 6.42 Å². The predicted molar refractivity (Wildman–Crippen MR) is 90.3 cm³/mol. The van der Waals surface area contributed by atoms with E-state index in [0.717, 1.165) is 12.8 Å². The number of aliphatic hydroxyl groups excluding tert-OH is 1. The fourth-order valence-electron chi connectivity index (χ4n) is 2.31. The van der Waals surface area contributed by atoms with Crippen LogP contribution in [-0.4, -0.2) is 23.5 Å². The maximum absolute atomic E-state index is 11.3. The van der Waals surface area contributed by atoms with Crippen LogP contribution in [0.5, 0.6) is 0 Å². The Labute approximate surface area is 131 Å². The van der Waals surface area contributed by atoms with Crippen LogP contribution in [0.15, 0.2) is 12.2 Å². The van der Waals surface area contributed by atoms with Crippen molar-refractivity contribution in [2.75, 3.05) is 6.54 Å². The van der Waals surface area contributed by atoms with Crippen LogP contribution in [0.2, 0.25) is 0 Å².